The molecule has 0 bridgehead atoms. The molecule has 1 aliphatic heterocycles. The minimum absolute atomic E-state index is 0.0953. The van der Waals surface area contributed by atoms with E-state index in [0.29, 0.717) is 17.1 Å². The van der Waals surface area contributed by atoms with Crippen molar-refractivity contribution in [2.45, 2.75) is 36.1 Å². The van der Waals surface area contributed by atoms with Crippen molar-refractivity contribution in [2.24, 2.45) is 5.73 Å². The number of hydrogen-bond donors (Lipinski definition) is 1. The first kappa shape index (κ1) is 29.4. The molecule has 220 valence electrons. The number of nitrogens with zero attached hydrogens (tertiary/aromatic N) is 3. The van der Waals surface area contributed by atoms with E-state index in [1.807, 2.05) is 18.2 Å². The highest BCUT2D eigenvalue weighted by atomic mass is 32.2. The van der Waals surface area contributed by atoms with Gasteiger partial charge in [-0.1, -0.05) is 30.3 Å². The number of halogens is 1. The number of hydrogen-bond acceptors (Lipinski definition) is 10. The first-order chi connectivity index (χ1) is 19.7. The van der Waals surface area contributed by atoms with E-state index in [1.54, 1.807) is 36.4 Å². The van der Waals surface area contributed by atoms with E-state index >= 15 is 4.39 Å². The molecular formula is C28H27FN4O7S2. The molecule has 1 atom stereocenters. The molecule has 0 spiro atoms. The summed E-state index contributed by atoms with van der Waals surface area (Å²) in [5.41, 5.74) is 6.16. The lowest BCUT2D eigenvalue weighted by Crippen LogP contribution is -2.45. The molecule has 14 heteroatoms. The predicted octanol–water partition coefficient (Wildman–Crippen LogP) is 3.60. The number of fused-ring (bicyclic) bond motifs is 1. The van der Waals surface area contributed by atoms with Crippen LogP contribution >= 0.6 is 0 Å². The summed E-state index contributed by atoms with van der Waals surface area (Å²) in [4.78, 5) is 14.1. The highest BCUT2D eigenvalue weighted by Crippen LogP contribution is 2.38. The van der Waals surface area contributed by atoms with E-state index in [9.17, 15) is 21.6 Å². The Balaban J connectivity index is 1.55. The number of aromatic nitrogens is 2. The SMILES string of the molecule is CC(C)(c1nnc(-c2cc3c(cc2F)S(=O)(=O)C[C@H](N)C(=O)N3Cc2ccc(Oc3ccccc3)cc2)o1)S(C)(=O)=O. The number of nitrogens with two attached hydrogens (primary N) is 1. The van der Waals surface area contributed by atoms with Gasteiger partial charge in [-0.05, 0) is 55.8 Å². The van der Waals surface area contributed by atoms with Gasteiger partial charge in [-0.15, -0.1) is 10.2 Å². The van der Waals surface area contributed by atoms with Crippen molar-refractivity contribution in [1.82, 2.24) is 10.2 Å². The van der Waals surface area contributed by atoms with Gasteiger partial charge in [0.05, 0.1) is 34.5 Å². The van der Waals surface area contributed by atoms with Crippen LogP contribution in [0.25, 0.3) is 11.5 Å². The van der Waals surface area contributed by atoms with Crippen molar-refractivity contribution >= 4 is 31.3 Å². The quantitative estimate of drug-likeness (QED) is 0.325. The summed E-state index contributed by atoms with van der Waals surface area (Å²) < 4.78 is 75.9. The van der Waals surface area contributed by atoms with Crippen LogP contribution in [0.1, 0.15) is 25.3 Å². The third-order valence-corrected chi connectivity index (χ3v) is 10.8. The van der Waals surface area contributed by atoms with Crippen molar-refractivity contribution in [1.29, 1.82) is 0 Å². The van der Waals surface area contributed by atoms with Crippen LogP contribution in [0.2, 0.25) is 0 Å². The molecule has 2 N–H and O–H groups in total. The van der Waals surface area contributed by atoms with E-state index in [0.717, 1.165) is 23.3 Å². The molecule has 4 aromatic rings. The number of ether oxygens (including phenoxy) is 1. The van der Waals surface area contributed by atoms with Gasteiger partial charge >= 0.3 is 0 Å². The smallest absolute Gasteiger partial charge is 0.250 e. The maximum Gasteiger partial charge on any atom is 0.250 e. The fourth-order valence-electron chi connectivity index (χ4n) is 4.25. The monoisotopic (exact) mass is 614 g/mol. The van der Waals surface area contributed by atoms with Gasteiger partial charge < -0.3 is 19.8 Å². The van der Waals surface area contributed by atoms with Crippen molar-refractivity contribution in [3.8, 4) is 23.0 Å². The number of anilines is 1. The Morgan fingerprint density at radius 1 is 1.07 bits per heavy atom. The second-order valence-corrected chi connectivity index (χ2v) is 14.9. The van der Waals surface area contributed by atoms with E-state index < -0.39 is 52.8 Å². The highest BCUT2D eigenvalue weighted by Gasteiger charge is 2.40. The highest BCUT2D eigenvalue weighted by molar-refractivity contribution is 7.92. The number of amides is 1. The minimum Gasteiger partial charge on any atom is -0.457 e. The van der Waals surface area contributed by atoms with E-state index in [1.165, 1.54) is 13.8 Å². The third kappa shape index (κ3) is 5.52. The molecule has 1 aliphatic rings. The molecule has 42 heavy (non-hydrogen) atoms. The Hall–Kier alpha value is -4.14. The van der Waals surface area contributed by atoms with Gasteiger partial charge in [-0.25, -0.2) is 21.2 Å². The summed E-state index contributed by atoms with van der Waals surface area (Å²) in [5, 5.41) is 7.60. The van der Waals surface area contributed by atoms with Crippen LogP contribution in [0.5, 0.6) is 11.5 Å². The maximum absolute atomic E-state index is 15.4. The zero-order valence-corrected chi connectivity index (χ0v) is 24.4. The molecular weight excluding hydrogens is 587 g/mol. The standard InChI is InChI=1S/C28H27FN4O7S2/c1-28(2,41(3,35)36)27-32-31-25(40-27)20-13-23-24(14-21(20)29)42(37,38)16-22(30)26(34)33(23)15-17-9-11-19(12-10-17)39-18-7-5-4-6-8-18/h4-14,22H,15-16,30H2,1-3H3/t22-/m0/s1. The van der Waals surface area contributed by atoms with E-state index in [2.05, 4.69) is 10.2 Å². The van der Waals surface area contributed by atoms with Crippen LogP contribution in [0.15, 0.2) is 76.0 Å². The predicted molar refractivity (Wildman–Crippen MR) is 152 cm³/mol. The number of sulfone groups is 2. The summed E-state index contributed by atoms with van der Waals surface area (Å²) >= 11 is 0. The Morgan fingerprint density at radius 3 is 2.36 bits per heavy atom. The molecule has 0 unspecified atom stereocenters. The summed E-state index contributed by atoms with van der Waals surface area (Å²) in [6.45, 7) is 2.62. The fourth-order valence-corrected chi connectivity index (χ4v) is 6.22. The summed E-state index contributed by atoms with van der Waals surface area (Å²) in [6.07, 6.45) is 0.998. The van der Waals surface area contributed by atoms with Crippen LogP contribution in [0.4, 0.5) is 10.1 Å². The lowest BCUT2D eigenvalue weighted by Gasteiger charge is -2.24. The first-order valence-corrected chi connectivity index (χ1v) is 16.2. The Morgan fingerprint density at radius 2 is 1.71 bits per heavy atom. The summed E-state index contributed by atoms with van der Waals surface area (Å²) in [5.74, 6) is -1.92. The molecule has 0 saturated carbocycles. The average molecular weight is 615 g/mol. The zero-order valence-electron chi connectivity index (χ0n) is 22.8. The Labute approximate surface area is 242 Å². The molecule has 11 nitrogen and oxygen atoms in total. The van der Waals surface area contributed by atoms with E-state index in [-0.39, 0.29) is 29.6 Å². The largest absolute Gasteiger partial charge is 0.457 e. The van der Waals surface area contributed by atoms with Crippen LogP contribution in [-0.4, -0.2) is 51.0 Å². The molecule has 1 aromatic heterocycles. The minimum atomic E-state index is -4.18. The first-order valence-electron chi connectivity index (χ1n) is 12.7. The maximum atomic E-state index is 15.4. The van der Waals surface area contributed by atoms with Gasteiger partial charge in [-0.3, -0.25) is 4.79 Å². The van der Waals surface area contributed by atoms with Crippen LogP contribution in [0, 0.1) is 5.82 Å². The molecule has 2 heterocycles. The number of rotatable bonds is 7. The van der Waals surface area contributed by atoms with Crippen molar-refractivity contribution in [3.05, 3.63) is 84.0 Å². The van der Waals surface area contributed by atoms with Crippen LogP contribution in [-0.2, 0) is 35.8 Å². The van der Waals surface area contributed by atoms with Gasteiger partial charge in [0, 0.05) is 6.26 Å². The average Bonchev–Trinajstić information content (AvgIpc) is 3.41. The normalized spacial score (nSPS) is 17.0. The Bertz CT molecular complexity index is 1870. The lowest BCUT2D eigenvalue weighted by molar-refractivity contribution is -0.119. The molecule has 5 rings (SSSR count). The number of carbonyl (C=O) groups is 1. The van der Waals surface area contributed by atoms with E-state index in [4.69, 9.17) is 14.9 Å². The third-order valence-electron chi connectivity index (χ3n) is 7.00. The summed E-state index contributed by atoms with van der Waals surface area (Å²) in [7, 11) is -7.87. The topological polar surface area (TPSA) is 163 Å². The molecule has 1 amide bonds. The van der Waals surface area contributed by atoms with Crippen molar-refractivity contribution in [3.63, 3.8) is 0 Å². The molecule has 0 fully saturated rings. The summed E-state index contributed by atoms with van der Waals surface area (Å²) in [6, 6.07) is 16.4. The fraction of sp³-hybridized carbons (Fsp3) is 0.250. The number of para-hydroxylation sites is 1. The number of carbonyl (C=O) groups excluding carboxylic acids is 1. The lowest BCUT2D eigenvalue weighted by atomic mass is 10.1. The molecule has 0 aliphatic carbocycles. The van der Waals surface area contributed by atoms with Crippen LogP contribution in [0.3, 0.4) is 0 Å². The van der Waals surface area contributed by atoms with Crippen molar-refractivity contribution < 1.29 is 35.2 Å². The molecule has 0 radical (unpaired) electrons. The van der Waals surface area contributed by atoms with Gasteiger partial charge in [0.2, 0.25) is 11.8 Å². The van der Waals surface area contributed by atoms with Gasteiger partial charge in [0.25, 0.3) is 5.89 Å². The molecule has 0 saturated heterocycles. The zero-order chi connectivity index (χ0) is 30.4. The Kier molecular flexibility index (Phi) is 7.41. The van der Waals surface area contributed by atoms with Crippen molar-refractivity contribution in [2.75, 3.05) is 16.9 Å². The van der Waals surface area contributed by atoms with Gasteiger partial charge in [0.1, 0.15) is 22.1 Å². The van der Waals surface area contributed by atoms with Crippen LogP contribution < -0.4 is 15.4 Å². The second-order valence-electron chi connectivity index (χ2n) is 10.4. The second kappa shape index (κ2) is 10.6. The van der Waals surface area contributed by atoms with Gasteiger partial charge in [0.15, 0.2) is 19.7 Å². The van der Waals surface area contributed by atoms with Gasteiger partial charge in [-0.2, -0.15) is 0 Å². The molecule has 3 aromatic carbocycles. The number of benzene rings is 3.